The number of halogens is 1. The molecule has 2 aliphatic rings. The number of piperidine rings is 1. The highest BCUT2D eigenvalue weighted by Gasteiger charge is 2.35. The molecular formula is C23H25FN4O4S2. The van der Waals surface area contributed by atoms with E-state index in [1.54, 1.807) is 13.0 Å². The minimum atomic E-state index is -3.80. The number of hydrogen-bond donors (Lipinski definition) is 1. The summed E-state index contributed by atoms with van der Waals surface area (Å²) < 4.78 is 46.8. The first-order valence-corrected chi connectivity index (χ1v) is 13.6. The number of thiophene rings is 1. The highest BCUT2D eigenvalue weighted by molar-refractivity contribution is 7.89. The van der Waals surface area contributed by atoms with Crippen molar-refractivity contribution >= 4 is 33.0 Å². The number of rotatable bonds is 6. The van der Waals surface area contributed by atoms with E-state index in [0.29, 0.717) is 52.5 Å². The lowest BCUT2D eigenvalue weighted by Crippen LogP contribution is -2.43. The summed E-state index contributed by atoms with van der Waals surface area (Å²) in [5.41, 5.74) is 0.478. The first-order chi connectivity index (χ1) is 16.3. The Morgan fingerprint density at radius 1 is 1.21 bits per heavy atom. The Labute approximate surface area is 201 Å². The van der Waals surface area contributed by atoms with Crippen molar-refractivity contribution in [2.75, 3.05) is 18.4 Å². The van der Waals surface area contributed by atoms with Gasteiger partial charge in [-0.2, -0.15) is 9.29 Å². The molecule has 2 aromatic heterocycles. The van der Waals surface area contributed by atoms with E-state index < -0.39 is 21.8 Å². The second-order valence-corrected chi connectivity index (χ2v) is 12.0. The van der Waals surface area contributed by atoms with Crippen LogP contribution in [0, 0.1) is 18.7 Å². The number of aryl methyl sites for hydroxylation is 1. The van der Waals surface area contributed by atoms with Crippen LogP contribution >= 0.6 is 11.3 Å². The molecule has 180 valence electrons. The Hall–Kier alpha value is -2.63. The summed E-state index contributed by atoms with van der Waals surface area (Å²) in [5.74, 6) is 0.170. The van der Waals surface area contributed by atoms with Crippen LogP contribution in [0.25, 0.3) is 10.7 Å². The number of hydrogen-bond acceptors (Lipinski definition) is 7. The molecule has 1 aliphatic heterocycles. The van der Waals surface area contributed by atoms with Gasteiger partial charge in [0, 0.05) is 29.6 Å². The summed E-state index contributed by atoms with van der Waals surface area (Å²) >= 11 is 1.32. The fraction of sp³-hybridized carbons (Fsp3) is 0.435. The number of amides is 1. The van der Waals surface area contributed by atoms with Crippen LogP contribution in [-0.4, -0.2) is 41.9 Å². The van der Waals surface area contributed by atoms with Gasteiger partial charge < -0.3 is 9.84 Å². The van der Waals surface area contributed by atoms with Crippen LogP contribution in [-0.2, 0) is 14.8 Å². The van der Waals surface area contributed by atoms with E-state index in [9.17, 15) is 17.6 Å². The average molecular weight is 505 g/mol. The first-order valence-electron chi connectivity index (χ1n) is 11.3. The molecule has 1 amide bonds. The largest absolute Gasteiger partial charge is 0.339 e. The van der Waals surface area contributed by atoms with Crippen molar-refractivity contribution in [3.8, 4) is 10.7 Å². The quantitative estimate of drug-likeness (QED) is 0.528. The third kappa shape index (κ3) is 4.51. The van der Waals surface area contributed by atoms with Crippen LogP contribution in [0.4, 0.5) is 10.1 Å². The molecule has 3 aromatic rings. The molecule has 2 fully saturated rings. The molecule has 8 nitrogen and oxygen atoms in total. The molecule has 3 heterocycles. The van der Waals surface area contributed by atoms with Crippen molar-refractivity contribution in [3.63, 3.8) is 0 Å². The normalized spacial score (nSPS) is 19.6. The highest BCUT2D eigenvalue weighted by Crippen LogP contribution is 2.38. The lowest BCUT2D eigenvalue weighted by Gasteiger charge is -2.31. The van der Waals surface area contributed by atoms with Crippen LogP contribution in [0.15, 0.2) is 39.8 Å². The molecule has 0 bridgehead atoms. The third-order valence-electron chi connectivity index (χ3n) is 6.47. The predicted octanol–water partition coefficient (Wildman–Crippen LogP) is 4.55. The molecule has 1 saturated carbocycles. The summed E-state index contributed by atoms with van der Waals surface area (Å²) in [6.45, 7) is 2.20. The van der Waals surface area contributed by atoms with Gasteiger partial charge in [0.1, 0.15) is 5.82 Å². The number of carbonyl (C=O) groups excluding carboxylic acids is 1. The van der Waals surface area contributed by atoms with E-state index >= 15 is 0 Å². The molecule has 1 unspecified atom stereocenters. The maximum absolute atomic E-state index is 13.5. The standard InChI is InChI=1S/C23H25FN4O4S2/c1-14-20(12-19(33-14)21-26-23(32-27-21)15-4-2-5-15)34(30,31)28-11-3-6-16(13-28)22(29)25-18-9-7-17(24)8-10-18/h7-10,12,15-16H,2-6,11,13H2,1H3,(H,25,29). The molecule has 1 atom stereocenters. The topological polar surface area (TPSA) is 105 Å². The van der Waals surface area contributed by atoms with Gasteiger partial charge in [-0.15, -0.1) is 11.3 Å². The number of nitrogens with one attached hydrogen (secondary N) is 1. The Kier molecular flexibility index (Phi) is 6.26. The van der Waals surface area contributed by atoms with Crippen molar-refractivity contribution in [1.82, 2.24) is 14.4 Å². The van der Waals surface area contributed by atoms with E-state index in [1.165, 1.54) is 39.9 Å². The summed E-state index contributed by atoms with van der Waals surface area (Å²) in [6.07, 6.45) is 4.39. The molecule has 34 heavy (non-hydrogen) atoms. The van der Waals surface area contributed by atoms with Gasteiger partial charge in [-0.1, -0.05) is 11.6 Å². The summed E-state index contributed by atoms with van der Waals surface area (Å²) in [5, 5.41) is 6.81. The lowest BCUT2D eigenvalue weighted by atomic mass is 9.85. The van der Waals surface area contributed by atoms with Gasteiger partial charge in [-0.25, -0.2) is 12.8 Å². The first kappa shape index (κ1) is 23.1. The van der Waals surface area contributed by atoms with Gasteiger partial charge in [0.2, 0.25) is 27.6 Å². The molecule has 0 radical (unpaired) electrons. The van der Waals surface area contributed by atoms with E-state index in [4.69, 9.17) is 4.52 Å². The van der Waals surface area contributed by atoms with E-state index in [2.05, 4.69) is 15.5 Å². The predicted molar refractivity (Wildman–Crippen MR) is 125 cm³/mol. The number of sulfonamides is 1. The number of nitrogens with zero attached hydrogens (tertiary/aromatic N) is 3. The minimum absolute atomic E-state index is 0.0913. The molecule has 0 spiro atoms. The molecule has 11 heteroatoms. The summed E-state index contributed by atoms with van der Waals surface area (Å²) in [6, 6.07) is 7.10. The fourth-order valence-electron chi connectivity index (χ4n) is 4.28. The minimum Gasteiger partial charge on any atom is -0.339 e. The third-order valence-corrected chi connectivity index (χ3v) is 9.64. The highest BCUT2D eigenvalue weighted by atomic mass is 32.2. The van der Waals surface area contributed by atoms with Gasteiger partial charge in [0.15, 0.2) is 0 Å². The smallest absolute Gasteiger partial charge is 0.244 e. The lowest BCUT2D eigenvalue weighted by molar-refractivity contribution is -0.120. The Balaban J connectivity index is 1.31. The Bertz CT molecular complexity index is 1300. The number of carbonyl (C=O) groups is 1. The van der Waals surface area contributed by atoms with Gasteiger partial charge in [-0.05, 0) is 62.9 Å². The second kappa shape index (κ2) is 9.20. The number of anilines is 1. The molecule has 1 aromatic carbocycles. The van der Waals surface area contributed by atoms with Crippen molar-refractivity contribution < 1.29 is 22.1 Å². The van der Waals surface area contributed by atoms with E-state index in [0.717, 1.165) is 19.3 Å². The Morgan fingerprint density at radius 3 is 2.68 bits per heavy atom. The van der Waals surface area contributed by atoms with Crippen LogP contribution in [0.1, 0.15) is 48.8 Å². The molecular weight excluding hydrogens is 479 g/mol. The van der Waals surface area contributed by atoms with Gasteiger partial charge in [0.25, 0.3) is 0 Å². The number of aromatic nitrogens is 2. The molecule has 5 rings (SSSR count). The second-order valence-electron chi connectivity index (χ2n) is 8.81. The van der Waals surface area contributed by atoms with Gasteiger partial charge >= 0.3 is 0 Å². The molecule has 1 aliphatic carbocycles. The van der Waals surface area contributed by atoms with Crippen molar-refractivity contribution in [3.05, 3.63) is 46.9 Å². The fourth-order valence-corrected chi connectivity index (χ4v) is 7.29. The van der Waals surface area contributed by atoms with Crippen molar-refractivity contribution in [2.24, 2.45) is 5.92 Å². The van der Waals surface area contributed by atoms with Gasteiger partial charge in [0.05, 0.1) is 15.7 Å². The zero-order valence-corrected chi connectivity index (χ0v) is 20.3. The maximum Gasteiger partial charge on any atom is 0.244 e. The zero-order chi connectivity index (χ0) is 23.9. The monoisotopic (exact) mass is 504 g/mol. The van der Waals surface area contributed by atoms with Crippen LogP contribution in [0.5, 0.6) is 0 Å². The number of benzene rings is 1. The van der Waals surface area contributed by atoms with Crippen molar-refractivity contribution in [1.29, 1.82) is 0 Å². The zero-order valence-electron chi connectivity index (χ0n) is 18.7. The Morgan fingerprint density at radius 2 is 1.97 bits per heavy atom. The van der Waals surface area contributed by atoms with Crippen molar-refractivity contribution in [2.45, 2.75) is 49.8 Å². The summed E-state index contributed by atoms with van der Waals surface area (Å²) in [7, 11) is -3.80. The molecule has 1 N–H and O–H groups in total. The van der Waals surface area contributed by atoms with Gasteiger partial charge in [-0.3, -0.25) is 4.79 Å². The molecule has 1 saturated heterocycles. The average Bonchev–Trinajstić information content (AvgIpc) is 3.41. The maximum atomic E-state index is 13.5. The SMILES string of the molecule is Cc1sc(-c2noc(C3CCC3)n2)cc1S(=O)(=O)N1CCCC(C(=O)Nc2ccc(F)cc2)C1. The van der Waals surface area contributed by atoms with E-state index in [-0.39, 0.29) is 17.3 Å². The van der Waals surface area contributed by atoms with E-state index in [1.807, 2.05) is 0 Å². The van der Waals surface area contributed by atoms with Crippen LogP contribution in [0.3, 0.4) is 0 Å². The van der Waals surface area contributed by atoms with Crippen LogP contribution in [0.2, 0.25) is 0 Å². The summed E-state index contributed by atoms with van der Waals surface area (Å²) in [4.78, 5) is 18.7. The van der Waals surface area contributed by atoms with Crippen LogP contribution < -0.4 is 5.32 Å².